The first-order valence-electron chi connectivity index (χ1n) is 10.7. The lowest BCUT2D eigenvalue weighted by Gasteiger charge is -2.24. The Bertz CT molecular complexity index is 1590. The third-order valence-corrected chi connectivity index (χ3v) is 6.62. The maximum atomic E-state index is 11.9. The molecule has 11 heteroatoms. The number of phenols is 1. The highest BCUT2D eigenvalue weighted by molar-refractivity contribution is 6.35. The van der Waals surface area contributed by atoms with E-state index in [-0.39, 0.29) is 17.9 Å². The Morgan fingerprint density at radius 3 is 2.44 bits per heavy atom. The zero-order valence-electron chi connectivity index (χ0n) is 18.3. The number of halogens is 2. The molecule has 0 bridgehead atoms. The second-order valence-corrected chi connectivity index (χ2v) is 8.99. The van der Waals surface area contributed by atoms with Crippen molar-refractivity contribution in [2.75, 3.05) is 5.01 Å². The van der Waals surface area contributed by atoms with E-state index < -0.39 is 27.3 Å². The average Bonchev–Trinajstić information content (AvgIpc) is 3.28. The number of nitrogens with zero attached hydrogens (tertiary/aromatic N) is 4. The van der Waals surface area contributed by atoms with Gasteiger partial charge >= 0.3 is 5.69 Å². The van der Waals surface area contributed by atoms with E-state index in [0.717, 1.165) is 11.5 Å². The van der Waals surface area contributed by atoms with E-state index in [0.29, 0.717) is 32.3 Å². The van der Waals surface area contributed by atoms with Gasteiger partial charge in [0.2, 0.25) is 0 Å². The van der Waals surface area contributed by atoms with Gasteiger partial charge in [-0.05, 0) is 35.2 Å². The van der Waals surface area contributed by atoms with E-state index in [1.807, 2.05) is 24.3 Å². The van der Waals surface area contributed by atoms with Crippen LogP contribution in [0.3, 0.4) is 0 Å². The van der Waals surface area contributed by atoms with Crippen molar-refractivity contribution < 1.29 is 15.0 Å². The highest BCUT2D eigenvalue weighted by Gasteiger charge is 2.36. The minimum absolute atomic E-state index is 0.0350. The van der Waals surface area contributed by atoms with Gasteiger partial charge < -0.3 is 5.11 Å². The van der Waals surface area contributed by atoms with Crippen LogP contribution >= 0.6 is 23.2 Å². The molecule has 0 spiro atoms. The highest BCUT2D eigenvalue weighted by Crippen LogP contribution is 2.45. The summed E-state index contributed by atoms with van der Waals surface area (Å²) in [7, 11) is 0. The van der Waals surface area contributed by atoms with Crippen molar-refractivity contribution in [2.24, 2.45) is 5.10 Å². The summed E-state index contributed by atoms with van der Waals surface area (Å²) in [5, 5.41) is 42.5. The molecule has 1 aliphatic heterocycles. The van der Waals surface area contributed by atoms with Gasteiger partial charge in [0.25, 0.3) is 5.69 Å². The van der Waals surface area contributed by atoms with Crippen molar-refractivity contribution in [3.63, 3.8) is 0 Å². The Hall–Kier alpha value is -4.21. The molecule has 0 saturated heterocycles. The van der Waals surface area contributed by atoms with E-state index in [2.05, 4.69) is 5.10 Å². The molecule has 9 nitrogen and oxygen atoms in total. The molecule has 4 aromatic rings. The molecule has 1 N–H and O–H groups in total. The van der Waals surface area contributed by atoms with Crippen LogP contribution in [0.2, 0.25) is 10.0 Å². The molecule has 0 saturated carbocycles. The first-order valence-corrected chi connectivity index (χ1v) is 11.5. The first-order chi connectivity index (χ1) is 17.2. The van der Waals surface area contributed by atoms with E-state index in [4.69, 9.17) is 23.2 Å². The molecule has 0 radical (unpaired) electrons. The monoisotopic (exact) mass is 522 g/mol. The van der Waals surface area contributed by atoms with E-state index >= 15 is 0 Å². The standard InChI is InChI=1S/C25H16Cl2N4O5/c26-15-6-9-18(20(27)11-15)23-13-21(19-8-5-14-3-1-2-4-17(14)25(19)32)28-29(23)22-10-7-16(30(33)34)12-24(22)31(35)36/h1-12,23,32H,13H2/t23-/m0/s1. The molecule has 36 heavy (non-hydrogen) atoms. The van der Waals surface area contributed by atoms with Crippen molar-refractivity contribution >= 4 is 56.7 Å². The highest BCUT2D eigenvalue weighted by atomic mass is 35.5. The number of rotatable bonds is 5. The van der Waals surface area contributed by atoms with Crippen molar-refractivity contribution in [1.29, 1.82) is 0 Å². The molecule has 0 amide bonds. The summed E-state index contributed by atoms with van der Waals surface area (Å²) >= 11 is 12.6. The van der Waals surface area contributed by atoms with Gasteiger partial charge in [-0.2, -0.15) is 5.10 Å². The summed E-state index contributed by atoms with van der Waals surface area (Å²) in [6.45, 7) is 0. The third-order valence-electron chi connectivity index (χ3n) is 6.06. The van der Waals surface area contributed by atoms with Gasteiger partial charge in [0.15, 0.2) is 0 Å². The Balaban J connectivity index is 1.69. The molecular weight excluding hydrogens is 507 g/mol. The number of hydrogen-bond acceptors (Lipinski definition) is 7. The lowest BCUT2D eigenvalue weighted by atomic mass is 9.95. The number of hydrazone groups is 1. The Morgan fingerprint density at radius 2 is 1.72 bits per heavy atom. The third kappa shape index (κ3) is 4.08. The molecule has 180 valence electrons. The summed E-state index contributed by atoms with van der Waals surface area (Å²) in [5.74, 6) is 0.0350. The van der Waals surface area contributed by atoms with Gasteiger partial charge in [-0.1, -0.05) is 59.6 Å². The van der Waals surface area contributed by atoms with Crippen LogP contribution in [0.15, 0.2) is 77.9 Å². The second kappa shape index (κ2) is 9.10. The van der Waals surface area contributed by atoms with Gasteiger partial charge in [-0.3, -0.25) is 25.2 Å². The average molecular weight is 523 g/mol. The zero-order chi connectivity index (χ0) is 25.6. The molecule has 5 rings (SSSR count). The lowest BCUT2D eigenvalue weighted by Crippen LogP contribution is -2.20. The van der Waals surface area contributed by atoms with Crippen molar-refractivity contribution in [3.05, 3.63) is 114 Å². The van der Waals surface area contributed by atoms with Gasteiger partial charge in [0, 0.05) is 33.5 Å². The maximum absolute atomic E-state index is 11.9. The van der Waals surface area contributed by atoms with Crippen molar-refractivity contribution in [3.8, 4) is 5.75 Å². The van der Waals surface area contributed by atoms with Crippen LogP contribution in [0.25, 0.3) is 10.8 Å². The fraction of sp³-hybridized carbons (Fsp3) is 0.0800. The number of benzene rings is 4. The van der Waals surface area contributed by atoms with E-state index in [1.54, 1.807) is 30.3 Å². The maximum Gasteiger partial charge on any atom is 0.301 e. The smallest absolute Gasteiger partial charge is 0.301 e. The SMILES string of the molecule is O=[N+]([O-])c1ccc(N2N=C(c3ccc4ccccc4c3O)C[C@H]2c2ccc(Cl)cc2Cl)c([N+](=O)[O-])c1. The molecule has 0 unspecified atom stereocenters. The molecule has 0 fully saturated rings. The van der Waals surface area contributed by atoms with Gasteiger partial charge in [-0.15, -0.1) is 0 Å². The second-order valence-electron chi connectivity index (χ2n) is 8.15. The minimum Gasteiger partial charge on any atom is -0.507 e. The summed E-state index contributed by atoms with van der Waals surface area (Å²) in [6, 6.07) is 18.6. The number of aromatic hydroxyl groups is 1. The van der Waals surface area contributed by atoms with Crippen LogP contribution in [0.1, 0.15) is 23.6 Å². The van der Waals surface area contributed by atoms with Crippen LogP contribution in [0, 0.1) is 20.2 Å². The summed E-state index contributed by atoms with van der Waals surface area (Å²) < 4.78 is 0. The number of fused-ring (bicyclic) bond motifs is 1. The van der Waals surface area contributed by atoms with Crippen LogP contribution in [0.4, 0.5) is 17.1 Å². The van der Waals surface area contributed by atoms with Crippen LogP contribution < -0.4 is 5.01 Å². The predicted molar refractivity (Wildman–Crippen MR) is 138 cm³/mol. The predicted octanol–water partition coefficient (Wildman–Crippen LogP) is 7.02. The summed E-state index contributed by atoms with van der Waals surface area (Å²) in [5.41, 5.74) is 0.705. The molecule has 4 aromatic carbocycles. The van der Waals surface area contributed by atoms with Crippen LogP contribution in [0.5, 0.6) is 5.75 Å². The Morgan fingerprint density at radius 1 is 0.944 bits per heavy atom. The fourth-order valence-electron chi connectivity index (χ4n) is 4.36. The van der Waals surface area contributed by atoms with Crippen molar-refractivity contribution in [2.45, 2.75) is 12.5 Å². The number of hydrogen-bond donors (Lipinski definition) is 1. The van der Waals surface area contributed by atoms with Gasteiger partial charge in [0.1, 0.15) is 11.4 Å². The zero-order valence-corrected chi connectivity index (χ0v) is 19.8. The minimum atomic E-state index is -0.698. The molecular formula is C25H16Cl2N4O5. The fourth-order valence-corrected chi connectivity index (χ4v) is 4.90. The first kappa shape index (κ1) is 23.5. The molecule has 1 aliphatic rings. The topological polar surface area (TPSA) is 122 Å². The quantitative estimate of drug-likeness (QED) is 0.222. The van der Waals surface area contributed by atoms with Gasteiger partial charge in [-0.25, -0.2) is 0 Å². The molecule has 0 aliphatic carbocycles. The van der Waals surface area contributed by atoms with E-state index in [9.17, 15) is 25.3 Å². The number of nitro benzene ring substituents is 2. The molecule has 0 aromatic heterocycles. The number of non-ortho nitro benzene ring substituents is 1. The number of anilines is 1. The Labute approximate surface area is 214 Å². The Kier molecular flexibility index (Phi) is 5.95. The van der Waals surface area contributed by atoms with Crippen LogP contribution in [-0.4, -0.2) is 20.7 Å². The lowest BCUT2D eigenvalue weighted by molar-refractivity contribution is -0.393. The van der Waals surface area contributed by atoms with Crippen molar-refractivity contribution in [1.82, 2.24) is 0 Å². The largest absolute Gasteiger partial charge is 0.507 e. The molecule has 1 atom stereocenters. The van der Waals surface area contributed by atoms with Crippen LogP contribution in [-0.2, 0) is 0 Å². The van der Waals surface area contributed by atoms with Gasteiger partial charge in [0.05, 0.1) is 27.7 Å². The summed E-state index contributed by atoms with van der Waals surface area (Å²) in [4.78, 5) is 21.7. The number of phenolic OH excluding ortho intramolecular Hbond substituents is 1. The number of nitro groups is 2. The summed E-state index contributed by atoms with van der Waals surface area (Å²) in [6.07, 6.45) is 0.251. The normalized spacial score (nSPS) is 15.2. The van der Waals surface area contributed by atoms with E-state index in [1.165, 1.54) is 17.1 Å². The molecule has 1 heterocycles.